The van der Waals surface area contributed by atoms with E-state index < -0.39 is 0 Å². The number of carbonyl (C=O) groups is 1. The van der Waals surface area contributed by atoms with Gasteiger partial charge in [0, 0.05) is 48.9 Å². The second kappa shape index (κ2) is 10.4. The summed E-state index contributed by atoms with van der Waals surface area (Å²) in [7, 11) is 0. The highest BCUT2D eigenvalue weighted by Gasteiger charge is 2.18. The minimum atomic E-state index is -0.234. The first-order valence-corrected chi connectivity index (χ1v) is 10.3. The van der Waals surface area contributed by atoms with Gasteiger partial charge in [0.2, 0.25) is 5.91 Å². The number of hydrogen-bond acceptors (Lipinski definition) is 4. The number of para-hydroxylation sites is 1. The monoisotopic (exact) mass is 388 g/mol. The summed E-state index contributed by atoms with van der Waals surface area (Å²) < 4.78 is 19.1. The van der Waals surface area contributed by atoms with Gasteiger partial charge in [-0.1, -0.05) is 30.3 Å². The molecule has 1 fully saturated rings. The van der Waals surface area contributed by atoms with Crippen LogP contribution in [0.3, 0.4) is 0 Å². The van der Waals surface area contributed by atoms with Crippen LogP contribution in [0.2, 0.25) is 0 Å². The molecule has 1 aliphatic heterocycles. The maximum atomic E-state index is 13.7. The number of rotatable bonds is 8. The van der Waals surface area contributed by atoms with Crippen LogP contribution in [0.15, 0.2) is 59.5 Å². The molecule has 1 heterocycles. The first kappa shape index (κ1) is 19.9. The third kappa shape index (κ3) is 6.06. The second-order valence-electron chi connectivity index (χ2n) is 6.36. The fourth-order valence-electron chi connectivity index (χ4n) is 3.02. The Hall–Kier alpha value is -1.89. The molecule has 6 heteroatoms. The van der Waals surface area contributed by atoms with Crippen molar-refractivity contribution in [2.24, 2.45) is 0 Å². The molecule has 4 nitrogen and oxygen atoms in total. The lowest BCUT2D eigenvalue weighted by atomic mass is 10.2. The Morgan fingerprint density at radius 3 is 2.52 bits per heavy atom. The molecule has 1 saturated heterocycles. The van der Waals surface area contributed by atoms with Crippen molar-refractivity contribution in [2.45, 2.75) is 11.3 Å². The van der Waals surface area contributed by atoms with E-state index in [1.807, 2.05) is 41.3 Å². The van der Waals surface area contributed by atoms with Gasteiger partial charge in [-0.15, -0.1) is 11.8 Å². The quantitative estimate of drug-likeness (QED) is 0.646. The molecular weight excluding hydrogens is 363 g/mol. The number of carbonyl (C=O) groups excluding carboxylic acids is 1. The van der Waals surface area contributed by atoms with Gasteiger partial charge in [0.15, 0.2) is 0 Å². The van der Waals surface area contributed by atoms with Crippen molar-refractivity contribution in [3.63, 3.8) is 0 Å². The van der Waals surface area contributed by atoms with E-state index in [4.69, 9.17) is 4.74 Å². The van der Waals surface area contributed by atoms with E-state index in [0.717, 1.165) is 38.5 Å². The van der Waals surface area contributed by atoms with E-state index in [2.05, 4.69) is 4.90 Å². The number of anilines is 1. The Labute approximate surface area is 164 Å². The molecule has 1 aliphatic rings. The summed E-state index contributed by atoms with van der Waals surface area (Å²) in [5, 5.41) is 0. The third-order valence-electron chi connectivity index (χ3n) is 4.52. The predicted octanol–water partition coefficient (Wildman–Crippen LogP) is 3.67. The van der Waals surface area contributed by atoms with Crippen LogP contribution in [-0.4, -0.2) is 56.0 Å². The van der Waals surface area contributed by atoms with Crippen LogP contribution in [0, 0.1) is 5.82 Å². The van der Waals surface area contributed by atoms with Gasteiger partial charge in [0.1, 0.15) is 5.82 Å². The van der Waals surface area contributed by atoms with Gasteiger partial charge in [-0.05, 0) is 24.3 Å². The van der Waals surface area contributed by atoms with Gasteiger partial charge in [-0.3, -0.25) is 9.69 Å². The zero-order chi connectivity index (χ0) is 18.9. The highest BCUT2D eigenvalue weighted by molar-refractivity contribution is 7.99. The SMILES string of the molecule is O=C(CCSc1ccccc1F)N(CCN1CCOCC1)c1ccccc1. The van der Waals surface area contributed by atoms with Crippen LogP contribution >= 0.6 is 11.8 Å². The number of thioether (sulfide) groups is 1. The molecule has 0 bridgehead atoms. The van der Waals surface area contributed by atoms with Crippen molar-refractivity contribution in [3.8, 4) is 0 Å². The molecule has 0 saturated carbocycles. The number of nitrogens with zero attached hydrogens (tertiary/aromatic N) is 2. The lowest BCUT2D eigenvalue weighted by molar-refractivity contribution is -0.118. The van der Waals surface area contributed by atoms with Crippen LogP contribution in [0.5, 0.6) is 0 Å². The Balaban J connectivity index is 1.57. The Morgan fingerprint density at radius 1 is 1.07 bits per heavy atom. The number of amides is 1. The second-order valence-corrected chi connectivity index (χ2v) is 7.50. The van der Waals surface area contributed by atoms with Gasteiger partial charge < -0.3 is 9.64 Å². The molecule has 0 radical (unpaired) electrons. The summed E-state index contributed by atoms with van der Waals surface area (Å²) in [6, 6.07) is 16.4. The Kier molecular flexibility index (Phi) is 7.68. The number of ether oxygens (including phenoxy) is 1. The van der Waals surface area contributed by atoms with Crippen molar-refractivity contribution in [1.82, 2.24) is 4.90 Å². The van der Waals surface area contributed by atoms with Gasteiger partial charge >= 0.3 is 0 Å². The fraction of sp³-hybridized carbons (Fsp3) is 0.381. The topological polar surface area (TPSA) is 32.8 Å². The van der Waals surface area contributed by atoms with Crippen LogP contribution in [0.1, 0.15) is 6.42 Å². The lowest BCUT2D eigenvalue weighted by Crippen LogP contribution is -2.43. The smallest absolute Gasteiger partial charge is 0.227 e. The van der Waals surface area contributed by atoms with Crippen LogP contribution < -0.4 is 4.90 Å². The minimum Gasteiger partial charge on any atom is -0.379 e. The lowest BCUT2D eigenvalue weighted by Gasteiger charge is -2.30. The number of hydrogen-bond donors (Lipinski definition) is 0. The molecule has 0 atom stereocenters. The fourth-order valence-corrected chi connectivity index (χ4v) is 3.89. The number of benzene rings is 2. The average molecular weight is 389 g/mol. The van der Waals surface area contributed by atoms with Crippen molar-refractivity contribution < 1.29 is 13.9 Å². The molecule has 3 rings (SSSR count). The average Bonchev–Trinajstić information content (AvgIpc) is 2.71. The van der Waals surface area contributed by atoms with Gasteiger partial charge in [0.25, 0.3) is 0 Å². The van der Waals surface area contributed by atoms with Crippen molar-refractivity contribution in [2.75, 3.05) is 50.0 Å². The van der Waals surface area contributed by atoms with Crippen LogP contribution in [0.4, 0.5) is 10.1 Å². The minimum absolute atomic E-state index is 0.0679. The van der Waals surface area contributed by atoms with Crippen molar-refractivity contribution in [3.05, 3.63) is 60.4 Å². The number of morpholine rings is 1. The maximum absolute atomic E-state index is 13.7. The van der Waals surface area contributed by atoms with E-state index in [0.29, 0.717) is 23.6 Å². The third-order valence-corrected chi connectivity index (χ3v) is 5.57. The molecular formula is C21H25FN2O2S. The van der Waals surface area contributed by atoms with Crippen LogP contribution in [0.25, 0.3) is 0 Å². The molecule has 27 heavy (non-hydrogen) atoms. The predicted molar refractivity (Wildman–Crippen MR) is 108 cm³/mol. The summed E-state index contributed by atoms with van der Waals surface area (Å²) >= 11 is 1.38. The van der Waals surface area contributed by atoms with E-state index >= 15 is 0 Å². The maximum Gasteiger partial charge on any atom is 0.227 e. The van der Waals surface area contributed by atoms with Gasteiger partial charge in [0.05, 0.1) is 13.2 Å². The van der Waals surface area contributed by atoms with Gasteiger partial charge in [-0.2, -0.15) is 0 Å². The van der Waals surface area contributed by atoms with E-state index in [-0.39, 0.29) is 11.7 Å². The summed E-state index contributed by atoms with van der Waals surface area (Å²) in [6.45, 7) is 4.77. The highest BCUT2D eigenvalue weighted by Crippen LogP contribution is 2.23. The zero-order valence-electron chi connectivity index (χ0n) is 15.4. The summed E-state index contributed by atoms with van der Waals surface area (Å²) in [4.78, 5) is 17.6. The van der Waals surface area contributed by atoms with E-state index in [1.54, 1.807) is 12.1 Å². The van der Waals surface area contributed by atoms with E-state index in [1.165, 1.54) is 17.8 Å². The first-order chi connectivity index (χ1) is 13.2. The molecule has 2 aromatic rings. The largest absolute Gasteiger partial charge is 0.379 e. The molecule has 144 valence electrons. The first-order valence-electron chi connectivity index (χ1n) is 9.27. The standard InChI is InChI=1S/C21H25FN2O2S/c22-19-8-4-5-9-20(19)27-17-10-21(25)24(18-6-2-1-3-7-18)12-11-23-13-15-26-16-14-23/h1-9H,10-17H2. The summed E-state index contributed by atoms with van der Waals surface area (Å²) in [5.41, 5.74) is 0.909. The molecule has 0 spiro atoms. The van der Waals surface area contributed by atoms with Crippen molar-refractivity contribution >= 4 is 23.4 Å². The highest BCUT2D eigenvalue weighted by atomic mass is 32.2. The molecule has 1 amide bonds. The summed E-state index contributed by atoms with van der Waals surface area (Å²) in [6.07, 6.45) is 0.372. The Morgan fingerprint density at radius 2 is 1.78 bits per heavy atom. The van der Waals surface area contributed by atoms with Crippen LogP contribution in [-0.2, 0) is 9.53 Å². The molecule has 0 unspecified atom stereocenters. The molecule has 0 aliphatic carbocycles. The zero-order valence-corrected chi connectivity index (χ0v) is 16.2. The number of halogens is 1. The summed E-state index contributed by atoms with van der Waals surface area (Å²) in [5.74, 6) is 0.390. The van der Waals surface area contributed by atoms with E-state index in [9.17, 15) is 9.18 Å². The molecule has 0 N–H and O–H groups in total. The molecule has 2 aromatic carbocycles. The normalized spacial score (nSPS) is 14.9. The molecule has 0 aromatic heterocycles. The van der Waals surface area contributed by atoms with Crippen molar-refractivity contribution in [1.29, 1.82) is 0 Å². The Bertz CT molecular complexity index is 723. The van der Waals surface area contributed by atoms with Gasteiger partial charge in [-0.25, -0.2) is 4.39 Å².